The summed E-state index contributed by atoms with van der Waals surface area (Å²) in [5, 5.41) is 9.82. The molecule has 1 aromatic carbocycles. The van der Waals surface area contributed by atoms with E-state index in [1.165, 1.54) is 12.1 Å². The van der Waals surface area contributed by atoms with Crippen LogP contribution in [0.25, 0.3) is 11.0 Å². The molecule has 0 bridgehead atoms. The number of aromatic amines is 1. The van der Waals surface area contributed by atoms with Crippen LogP contribution in [0.1, 0.15) is 0 Å². The maximum absolute atomic E-state index is 10.7. The molecule has 0 aliphatic rings. The van der Waals surface area contributed by atoms with E-state index in [-0.39, 0.29) is 16.7 Å². The maximum Gasteiger partial charge on any atom is 0.328 e. The van der Waals surface area contributed by atoms with Crippen LogP contribution < -0.4 is 0 Å². The smallest absolute Gasteiger partial charge is 0.326 e. The largest absolute Gasteiger partial charge is 0.328 e. The van der Waals surface area contributed by atoms with Gasteiger partial charge in [-0.1, -0.05) is 0 Å². The van der Waals surface area contributed by atoms with Crippen molar-refractivity contribution in [3.05, 3.63) is 28.3 Å². The summed E-state index contributed by atoms with van der Waals surface area (Å²) in [6, 6.07) is 3.62. The van der Waals surface area contributed by atoms with E-state index < -0.39 is 20.2 Å². The summed E-state index contributed by atoms with van der Waals surface area (Å²) in [5.74, 6) is 0. The summed E-state index contributed by atoms with van der Waals surface area (Å²) in [7, 11) is -4.43. The minimum atomic E-state index is -4.43. The Balaban J connectivity index is 2.68. The molecule has 16 heavy (non-hydrogen) atoms. The van der Waals surface area contributed by atoms with Crippen LogP contribution in [0.15, 0.2) is 23.4 Å². The molecule has 2 rings (SSSR count). The number of rotatable bonds is 2. The van der Waals surface area contributed by atoms with Crippen LogP contribution in [0, 0.1) is 10.1 Å². The third kappa shape index (κ3) is 1.73. The normalized spacial score (nSPS) is 11.8. The molecule has 8 nitrogen and oxygen atoms in total. The van der Waals surface area contributed by atoms with Crippen molar-refractivity contribution < 1.29 is 17.9 Å². The Bertz CT molecular complexity index is 674. The van der Waals surface area contributed by atoms with Gasteiger partial charge in [0.05, 0.1) is 16.0 Å². The lowest BCUT2D eigenvalue weighted by Crippen LogP contribution is -1.99. The van der Waals surface area contributed by atoms with Crippen LogP contribution in [0.4, 0.5) is 5.69 Å². The maximum atomic E-state index is 10.7. The second-order valence-corrected chi connectivity index (χ2v) is 4.31. The lowest BCUT2D eigenvalue weighted by atomic mass is 10.3. The predicted octanol–water partition coefficient (Wildman–Crippen LogP) is 0.718. The van der Waals surface area contributed by atoms with Crippen molar-refractivity contribution in [1.82, 2.24) is 9.97 Å². The Morgan fingerprint density at radius 2 is 2.12 bits per heavy atom. The molecule has 0 saturated carbocycles. The third-order valence-electron chi connectivity index (χ3n) is 1.90. The van der Waals surface area contributed by atoms with E-state index in [4.69, 9.17) is 4.55 Å². The number of H-pyrrole nitrogens is 1. The Labute approximate surface area is 88.8 Å². The lowest BCUT2D eigenvalue weighted by molar-refractivity contribution is -0.384. The van der Waals surface area contributed by atoms with Crippen LogP contribution in [0.5, 0.6) is 0 Å². The van der Waals surface area contributed by atoms with Crippen molar-refractivity contribution in [2.24, 2.45) is 0 Å². The molecule has 0 aliphatic heterocycles. The Kier molecular flexibility index (Phi) is 2.14. The van der Waals surface area contributed by atoms with E-state index in [2.05, 4.69) is 9.97 Å². The van der Waals surface area contributed by atoms with Gasteiger partial charge in [0, 0.05) is 12.1 Å². The average Bonchev–Trinajstić information content (AvgIpc) is 2.58. The number of hydrogen-bond donors (Lipinski definition) is 2. The van der Waals surface area contributed by atoms with Crippen molar-refractivity contribution in [3.8, 4) is 0 Å². The fraction of sp³-hybridized carbons (Fsp3) is 0. The van der Waals surface area contributed by atoms with Gasteiger partial charge in [0.1, 0.15) is 0 Å². The van der Waals surface area contributed by atoms with Gasteiger partial charge in [0.15, 0.2) is 0 Å². The highest BCUT2D eigenvalue weighted by Gasteiger charge is 2.16. The highest BCUT2D eigenvalue weighted by molar-refractivity contribution is 7.85. The van der Waals surface area contributed by atoms with Crippen LogP contribution in [-0.2, 0) is 10.1 Å². The number of nitrogens with zero attached hydrogens (tertiary/aromatic N) is 2. The van der Waals surface area contributed by atoms with E-state index in [1.807, 2.05) is 0 Å². The minimum absolute atomic E-state index is 0.168. The summed E-state index contributed by atoms with van der Waals surface area (Å²) < 4.78 is 30.2. The molecule has 84 valence electrons. The first-order chi connectivity index (χ1) is 7.38. The van der Waals surface area contributed by atoms with Gasteiger partial charge < -0.3 is 4.98 Å². The number of nitro benzene ring substituents is 1. The Hall–Kier alpha value is -2.00. The van der Waals surface area contributed by atoms with Crippen molar-refractivity contribution in [1.29, 1.82) is 0 Å². The van der Waals surface area contributed by atoms with Crippen LogP contribution in [0.3, 0.4) is 0 Å². The van der Waals surface area contributed by atoms with Crippen LogP contribution in [0.2, 0.25) is 0 Å². The Morgan fingerprint density at radius 3 is 2.69 bits per heavy atom. The highest BCUT2D eigenvalue weighted by Crippen LogP contribution is 2.20. The first-order valence-corrected chi connectivity index (χ1v) is 5.43. The number of aromatic nitrogens is 2. The van der Waals surface area contributed by atoms with Gasteiger partial charge in [-0.25, -0.2) is 4.98 Å². The number of imidazole rings is 1. The quantitative estimate of drug-likeness (QED) is 0.454. The molecule has 0 atom stereocenters. The highest BCUT2D eigenvalue weighted by atomic mass is 32.2. The molecule has 0 fully saturated rings. The van der Waals surface area contributed by atoms with E-state index >= 15 is 0 Å². The first-order valence-electron chi connectivity index (χ1n) is 3.99. The molecule has 9 heteroatoms. The predicted molar refractivity (Wildman–Crippen MR) is 52.6 cm³/mol. The molecule has 0 radical (unpaired) electrons. The fourth-order valence-electron chi connectivity index (χ4n) is 1.21. The van der Waals surface area contributed by atoms with Gasteiger partial charge in [0.2, 0.25) is 0 Å². The van der Waals surface area contributed by atoms with Crippen molar-refractivity contribution in [2.75, 3.05) is 0 Å². The molecule has 1 heterocycles. The fourth-order valence-corrected chi connectivity index (χ4v) is 1.66. The zero-order valence-electron chi connectivity index (χ0n) is 7.61. The first kappa shape index (κ1) is 10.5. The van der Waals surface area contributed by atoms with Crippen molar-refractivity contribution in [3.63, 3.8) is 0 Å². The minimum Gasteiger partial charge on any atom is -0.326 e. The summed E-state index contributed by atoms with van der Waals surface area (Å²) in [6.45, 7) is 0. The zero-order chi connectivity index (χ0) is 11.9. The van der Waals surface area contributed by atoms with Gasteiger partial charge in [-0.3, -0.25) is 14.7 Å². The van der Waals surface area contributed by atoms with Crippen molar-refractivity contribution >= 4 is 26.8 Å². The molecular weight excluding hydrogens is 238 g/mol. The molecule has 0 amide bonds. The number of benzene rings is 1. The zero-order valence-corrected chi connectivity index (χ0v) is 8.43. The molecule has 0 aliphatic carbocycles. The standard InChI is InChI=1S/C7H5N3O5S/c11-10(12)4-1-2-5-6(3-4)9-7(8-5)16(13,14)15/h1-3H,(H,8,9)(H,13,14,15). The molecule has 0 unspecified atom stereocenters. The number of hydrogen-bond acceptors (Lipinski definition) is 5. The number of non-ortho nitro benzene ring substituents is 1. The molecular formula is C7H5N3O5S. The van der Waals surface area contributed by atoms with Gasteiger partial charge in [-0.2, -0.15) is 8.42 Å². The molecule has 2 aromatic rings. The van der Waals surface area contributed by atoms with Gasteiger partial charge >= 0.3 is 10.1 Å². The Morgan fingerprint density at radius 1 is 1.44 bits per heavy atom. The van der Waals surface area contributed by atoms with E-state index in [1.54, 1.807) is 0 Å². The molecule has 0 spiro atoms. The van der Waals surface area contributed by atoms with Gasteiger partial charge in [-0.05, 0) is 6.07 Å². The number of nitrogens with one attached hydrogen (secondary N) is 1. The summed E-state index contributed by atoms with van der Waals surface area (Å²) in [4.78, 5) is 15.7. The second kappa shape index (κ2) is 3.25. The van der Waals surface area contributed by atoms with Gasteiger partial charge in [-0.15, -0.1) is 0 Å². The topological polar surface area (TPSA) is 126 Å². The summed E-state index contributed by atoms with van der Waals surface area (Å²) >= 11 is 0. The molecule has 2 N–H and O–H groups in total. The van der Waals surface area contributed by atoms with Crippen molar-refractivity contribution in [2.45, 2.75) is 5.16 Å². The monoisotopic (exact) mass is 243 g/mol. The molecule has 0 saturated heterocycles. The number of fused-ring (bicyclic) bond motifs is 1. The van der Waals surface area contributed by atoms with Crippen LogP contribution in [-0.4, -0.2) is 27.9 Å². The second-order valence-electron chi connectivity index (χ2n) is 2.98. The summed E-state index contributed by atoms with van der Waals surface area (Å²) in [6.07, 6.45) is 0. The van der Waals surface area contributed by atoms with Gasteiger partial charge in [0.25, 0.3) is 10.8 Å². The van der Waals surface area contributed by atoms with Crippen LogP contribution >= 0.6 is 0 Å². The van der Waals surface area contributed by atoms with E-state index in [0.717, 1.165) is 6.07 Å². The SMILES string of the molecule is O=[N+]([O-])c1ccc2nc(S(=O)(=O)O)[nH]c2c1. The lowest BCUT2D eigenvalue weighted by Gasteiger charge is -1.89. The summed E-state index contributed by atoms with van der Waals surface area (Å²) in [5.41, 5.74) is 0.193. The third-order valence-corrected chi connectivity index (χ3v) is 2.58. The number of nitro groups is 1. The molecule has 1 aromatic heterocycles. The average molecular weight is 243 g/mol. The van der Waals surface area contributed by atoms with E-state index in [9.17, 15) is 18.5 Å². The van der Waals surface area contributed by atoms with E-state index in [0.29, 0.717) is 0 Å².